The smallest absolute Gasteiger partial charge is 0.311 e. The molecule has 3 nitrogen and oxygen atoms in total. The molecule has 0 aliphatic heterocycles. The molecule has 0 N–H and O–H groups in total. The number of carbonyl (C=O) groups excluding carboxylic acids is 1. The van der Waals surface area contributed by atoms with Crippen molar-refractivity contribution in [3.05, 3.63) is 60.2 Å². The molecule has 2 aromatic carbocycles. The molecule has 0 aliphatic rings. The van der Waals surface area contributed by atoms with Crippen molar-refractivity contribution in [1.82, 2.24) is 0 Å². The molecule has 0 unspecified atom stereocenters. The summed E-state index contributed by atoms with van der Waals surface area (Å²) < 4.78 is 13.5. The Morgan fingerprint density at radius 3 is 2.52 bits per heavy atom. The van der Waals surface area contributed by atoms with Crippen LogP contribution in [0.2, 0.25) is 0 Å². The van der Waals surface area contributed by atoms with Crippen LogP contribution in [0.1, 0.15) is 5.56 Å². The summed E-state index contributed by atoms with van der Waals surface area (Å²) in [4.78, 5) is 11.7. The number of para-hydroxylation sites is 2. The van der Waals surface area contributed by atoms with Crippen molar-refractivity contribution in [2.45, 2.75) is 6.42 Å². The normalized spacial score (nSPS) is 9.38. The first kappa shape index (κ1) is 15.4. The quantitative estimate of drug-likeness (QED) is 0.439. The second-order valence-electron chi connectivity index (χ2n) is 4.13. The van der Waals surface area contributed by atoms with Gasteiger partial charge in [-0.05, 0) is 22.1 Å². The highest BCUT2D eigenvalue weighted by Crippen LogP contribution is 2.25. The lowest BCUT2D eigenvalue weighted by atomic mass is 10.1. The fourth-order valence-electron chi connectivity index (χ4n) is 1.72. The maximum atomic E-state index is 11.7. The van der Waals surface area contributed by atoms with Gasteiger partial charge in [0.2, 0.25) is 0 Å². The van der Waals surface area contributed by atoms with Gasteiger partial charge in [-0.3, -0.25) is 4.79 Å². The molecular weight excluding hydrogens is 379 g/mol. The van der Waals surface area contributed by atoms with Crippen LogP contribution < -0.4 is 4.74 Å². The SMILES string of the molecule is O=C(Cc1ccccc1Oc1ccccc1)OCC#CI. The Kier molecular flexibility index (Phi) is 6.10. The Morgan fingerprint density at radius 1 is 1.05 bits per heavy atom. The molecule has 4 heteroatoms. The number of benzene rings is 2. The molecule has 2 aromatic rings. The third-order valence-corrected chi connectivity index (χ3v) is 3.03. The van der Waals surface area contributed by atoms with Gasteiger partial charge in [0.15, 0.2) is 6.61 Å². The minimum atomic E-state index is -0.321. The molecule has 0 fully saturated rings. The van der Waals surface area contributed by atoms with Crippen LogP contribution in [0.5, 0.6) is 11.5 Å². The van der Waals surface area contributed by atoms with Crippen molar-refractivity contribution in [1.29, 1.82) is 0 Å². The first-order chi connectivity index (χ1) is 10.3. The Morgan fingerprint density at radius 2 is 1.76 bits per heavy atom. The largest absolute Gasteiger partial charge is 0.457 e. The Balaban J connectivity index is 2.06. The van der Waals surface area contributed by atoms with Crippen molar-refractivity contribution in [2.24, 2.45) is 0 Å². The molecule has 21 heavy (non-hydrogen) atoms. The van der Waals surface area contributed by atoms with E-state index in [1.807, 2.05) is 77.2 Å². The molecule has 0 aromatic heterocycles. The summed E-state index contributed by atoms with van der Waals surface area (Å²) in [5.74, 6) is 3.74. The summed E-state index contributed by atoms with van der Waals surface area (Å²) >= 11 is 1.90. The van der Waals surface area contributed by atoms with Gasteiger partial charge in [0.05, 0.1) is 6.42 Å². The lowest BCUT2D eigenvalue weighted by Crippen LogP contribution is -2.08. The number of esters is 1. The monoisotopic (exact) mass is 392 g/mol. The Hall–Kier alpha value is -2.00. The summed E-state index contributed by atoms with van der Waals surface area (Å²) in [5, 5.41) is 0. The molecule has 0 bridgehead atoms. The van der Waals surface area contributed by atoms with E-state index in [1.54, 1.807) is 0 Å². The zero-order valence-electron chi connectivity index (χ0n) is 11.2. The third-order valence-electron chi connectivity index (χ3n) is 2.65. The summed E-state index contributed by atoms with van der Waals surface area (Å²) in [6.07, 6.45) is 0.159. The average Bonchev–Trinajstić information content (AvgIpc) is 2.51. The van der Waals surface area contributed by atoms with E-state index in [0.29, 0.717) is 5.75 Å². The van der Waals surface area contributed by atoms with Crippen molar-refractivity contribution >= 4 is 28.6 Å². The van der Waals surface area contributed by atoms with Crippen LogP contribution in [0.25, 0.3) is 0 Å². The zero-order chi connectivity index (χ0) is 14.9. The van der Waals surface area contributed by atoms with Gasteiger partial charge in [0.25, 0.3) is 0 Å². The van der Waals surface area contributed by atoms with Gasteiger partial charge in [-0.1, -0.05) is 42.3 Å². The van der Waals surface area contributed by atoms with Crippen LogP contribution in [0.15, 0.2) is 54.6 Å². The van der Waals surface area contributed by atoms with Crippen LogP contribution in [0.4, 0.5) is 0 Å². The predicted octanol–water partition coefficient (Wildman–Crippen LogP) is 3.96. The van der Waals surface area contributed by atoms with E-state index in [2.05, 4.69) is 9.85 Å². The molecule has 0 saturated heterocycles. The highest BCUT2D eigenvalue weighted by Gasteiger charge is 2.10. The van der Waals surface area contributed by atoms with Crippen molar-refractivity contribution in [3.63, 3.8) is 0 Å². The summed E-state index contributed by atoms with van der Waals surface area (Å²) in [5.41, 5.74) is 0.786. The van der Waals surface area contributed by atoms with Gasteiger partial charge in [0.1, 0.15) is 11.5 Å². The second kappa shape index (κ2) is 8.32. The zero-order valence-corrected chi connectivity index (χ0v) is 13.4. The number of hydrogen-bond acceptors (Lipinski definition) is 3. The Bertz CT molecular complexity index is 656. The van der Waals surface area contributed by atoms with E-state index >= 15 is 0 Å². The van der Waals surface area contributed by atoms with Crippen LogP contribution in [0.3, 0.4) is 0 Å². The molecule has 0 atom stereocenters. The predicted molar refractivity (Wildman–Crippen MR) is 89.4 cm³/mol. The first-order valence-electron chi connectivity index (χ1n) is 6.34. The molecule has 106 valence electrons. The minimum Gasteiger partial charge on any atom is -0.457 e. The van der Waals surface area contributed by atoms with E-state index in [1.165, 1.54) is 0 Å². The molecule has 0 radical (unpaired) electrons. The van der Waals surface area contributed by atoms with Crippen LogP contribution in [-0.4, -0.2) is 12.6 Å². The second-order valence-corrected chi connectivity index (χ2v) is 4.67. The molecule has 0 saturated carbocycles. The lowest BCUT2D eigenvalue weighted by molar-refractivity contribution is -0.141. The first-order valence-corrected chi connectivity index (χ1v) is 7.42. The number of halogens is 1. The van der Waals surface area contributed by atoms with Crippen LogP contribution >= 0.6 is 22.6 Å². The minimum absolute atomic E-state index is 0.115. The summed E-state index contributed by atoms with van der Waals surface area (Å²) in [6, 6.07) is 16.9. The summed E-state index contributed by atoms with van der Waals surface area (Å²) in [7, 11) is 0. The molecule has 0 heterocycles. The van der Waals surface area contributed by atoms with E-state index < -0.39 is 0 Å². The van der Waals surface area contributed by atoms with Crippen LogP contribution in [-0.2, 0) is 16.0 Å². The van der Waals surface area contributed by atoms with Gasteiger partial charge >= 0.3 is 5.97 Å². The van der Waals surface area contributed by atoms with Gasteiger partial charge in [-0.15, -0.1) is 0 Å². The number of carbonyl (C=O) groups is 1. The van der Waals surface area contributed by atoms with E-state index in [0.717, 1.165) is 11.3 Å². The highest BCUT2D eigenvalue weighted by atomic mass is 127. The third kappa shape index (κ3) is 5.12. The number of rotatable bonds is 5. The highest BCUT2D eigenvalue weighted by molar-refractivity contribution is 14.1. The van der Waals surface area contributed by atoms with Crippen molar-refractivity contribution in [2.75, 3.05) is 6.61 Å². The van der Waals surface area contributed by atoms with Crippen molar-refractivity contribution in [3.8, 4) is 21.3 Å². The Labute approximate surface area is 137 Å². The van der Waals surface area contributed by atoms with Crippen molar-refractivity contribution < 1.29 is 14.3 Å². The molecule has 0 amide bonds. The number of hydrogen-bond donors (Lipinski definition) is 0. The van der Waals surface area contributed by atoms with E-state index in [9.17, 15) is 4.79 Å². The summed E-state index contributed by atoms with van der Waals surface area (Å²) in [6.45, 7) is 0.115. The van der Waals surface area contributed by atoms with E-state index in [-0.39, 0.29) is 19.0 Å². The molecular formula is C17H13IO3. The topological polar surface area (TPSA) is 35.5 Å². The van der Waals surface area contributed by atoms with Gasteiger partial charge in [-0.25, -0.2) is 0 Å². The maximum absolute atomic E-state index is 11.7. The average molecular weight is 392 g/mol. The maximum Gasteiger partial charge on any atom is 0.311 e. The fourth-order valence-corrected chi connectivity index (χ4v) is 1.87. The lowest BCUT2D eigenvalue weighted by Gasteiger charge is -2.10. The standard InChI is InChI=1S/C17H13IO3/c18-11-6-12-20-17(19)13-14-7-4-5-10-16(14)21-15-8-2-1-3-9-15/h1-5,7-10H,12-13H2. The number of ether oxygens (including phenoxy) is 2. The molecule has 0 aliphatic carbocycles. The molecule has 0 spiro atoms. The van der Waals surface area contributed by atoms with Gasteiger partial charge in [-0.2, -0.15) is 0 Å². The molecule has 2 rings (SSSR count). The van der Waals surface area contributed by atoms with Gasteiger partial charge in [0, 0.05) is 28.2 Å². The van der Waals surface area contributed by atoms with Crippen LogP contribution in [0, 0.1) is 9.85 Å². The van der Waals surface area contributed by atoms with Gasteiger partial charge < -0.3 is 9.47 Å². The fraction of sp³-hybridized carbons (Fsp3) is 0.118. The van der Waals surface area contributed by atoms with E-state index in [4.69, 9.17) is 9.47 Å².